The van der Waals surface area contributed by atoms with Crippen LogP contribution in [0.15, 0.2) is 6.33 Å². The third-order valence-corrected chi connectivity index (χ3v) is 3.51. The quantitative estimate of drug-likeness (QED) is 0.603. The lowest BCUT2D eigenvalue weighted by Gasteiger charge is -2.23. The van der Waals surface area contributed by atoms with E-state index >= 15 is 0 Å². The number of aromatic nitrogens is 2. The highest BCUT2D eigenvalue weighted by atomic mass is 15.3. The Morgan fingerprint density at radius 1 is 1.35 bits per heavy atom. The molecule has 1 saturated heterocycles. The standard InChI is InChI=1S/C12H21N5/c1-9-4-3-6-17(7-5-9)12-10(2)11(16-13)14-8-15-12/h8-9H,3-7,13H2,1-2H3,(H,14,15,16). The van der Waals surface area contributed by atoms with E-state index in [9.17, 15) is 0 Å². The summed E-state index contributed by atoms with van der Waals surface area (Å²) in [5, 5.41) is 0. The topological polar surface area (TPSA) is 67.1 Å². The monoisotopic (exact) mass is 235 g/mol. The second-order valence-corrected chi connectivity index (χ2v) is 4.84. The molecular formula is C12H21N5. The van der Waals surface area contributed by atoms with Crippen LogP contribution in [-0.4, -0.2) is 23.1 Å². The van der Waals surface area contributed by atoms with E-state index in [2.05, 4.69) is 27.2 Å². The molecule has 1 fully saturated rings. The van der Waals surface area contributed by atoms with E-state index in [1.165, 1.54) is 19.3 Å². The lowest BCUT2D eigenvalue weighted by molar-refractivity contribution is 0.521. The molecule has 0 spiro atoms. The number of hydrogen-bond donors (Lipinski definition) is 2. The summed E-state index contributed by atoms with van der Waals surface area (Å²) in [6, 6.07) is 0. The molecule has 2 rings (SSSR count). The Labute approximate surface area is 102 Å². The van der Waals surface area contributed by atoms with Crippen LogP contribution < -0.4 is 16.2 Å². The van der Waals surface area contributed by atoms with Gasteiger partial charge in [-0.3, -0.25) is 0 Å². The Balaban J connectivity index is 2.21. The van der Waals surface area contributed by atoms with E-state index in [1.807, 2.05) is 6.92 Å². The van der Waals surface area contributed by atoms with Crippen molar-refractivity contribution in [2.75, 3.05) is 23.4 Å². The number of nitrogens with two attached hydrogens (primary N) is 1. The fourth-order valence-corrected chi connectivity index (χ4v) is 2.38. The van der Waals surface area contributed by atoms with Crippen molar-refractivity contribution in [3.05, 3.63) is 11.9 Å². The van der Waals surface area contributed by atoms with Gasteiger partial charge in [-0.25, -0.2) is 15.8 Å². The van der Waals surface area contributed by atoms with Gasteiger partial charge in [-0.2, -0.15) is 0 Å². The van der Waals surface area contributed by atoms with Crippen LogP contribution in [0.1, 0.15) is 31.7 Å². The third-order valence-electron chi connectivity index (χ3n) is 3.51. The second-order valence-electron chi connectivity index (χ2n) is 4.84. The summed E-state index contributed by atoms with van der Waals surface area (Å²) in [5.41, 5.74) is 3.65. The number of rotatable bonds is 2. The van der Waals surface area contributed by atoms with Crippen molar-refractivity contribution < 1.29 is 0 Å². The zero-order valence-electron chi connectivity index (χ0n) is 10.6. The number of hydrazine groups is 1. The van der Waals surface area contributed by atoms with Crippen LogP contribution in [-0.2, 0) is 0 Å². The Kier molecular flexibility index (Phi) is 3.78. The molecule has 1 atom stereocenters. The van der Waals surface area contributed by atoms with Gasteiger partial charge < -0.3 is 10.3 Å². The molecule has 5 nitrogen and oxygen atoms in total. The van der Waals surface area contributed by atoms with E-state index in [4.69, 9.17) is 5.84 Å². The number of nitrogens with one attached hydrogen (secondary N) is 1. The van der Waals surface area contributed by atoms with Crippen LogP contribution in [0.5, 0.6) is 0 Å². The zero-order valence-corrected chi connectivity index (χ0v) is 10.6. The highest BCUT2D eigenvalue weighted by molar-refractivity contribution is 5.57. The summed E-state index contributed by atoms with van der Waals surface area (Å²) in [7, 11) is 0. The molecule has 0 saturated carbocycles. The Hall–Kier alpha value is -1.36. The molecule has 2 heterocycles. The molecule has 0 amide bonds. The Morgan fingerprint density at radius 3 is 2.94 bits per heavy atom. The van der Waals surface area contributed by atoms with Crippen molar-refractivity contribution in [2.45, 2.75) is 33.1 Å². The smallest absolute Gasteiger partial charge is 0.148 e. The average molecular weight is 235 g/mol. The third kappa shape index (κ3) is 2.66. The molecule has 1 unspecified atom stereocenters. The van der Waals surface area contributed by atoms with Gasteiger partial charge in [0.15, 0.2) is 0 Å². The fraction of sp³-hybridized carbons (Fsp3) is 0.667. The van der Waals surface area contributed by atoms with Gasteiger partial charge in [0, 0.05) is 18.7 Å². The maximum absolute atomic E-state index is 5.44. The largest absolute Gasteiger partial charge is 0.356 e. The number of anilines is 2. The Morgan fingerprint density at radius 2 is 2.18 bits per heavy atom. The Bertz CT molecular complexity index is 379. The normalized spacial score (nSPS) is 21.1. The minimum Gasteiger partial charge on any atom is -0.356 e. The van der Waals surface area contributed by atoms with E-state index in [0.29, 0.717) is 5.82 Å². The molecule has 0 aromatic carbocycles. The highest BCUT2D eigenvalue weighted by Crippen LogP contribution is 2.25. The average Bonchev–Trinajstić information content (AvgIpc) is 2.54. The first-order chi connectivity index (χ1) is 8.22. The van der Waals surface area contributed by atoms with Crippen molar-refractivity contribution >= 4 is 11.6 Å². The first-order valence-electron chi connectivity index (χ1n) is 6.25. The molecule has 1 aromatic rings. The summed E-state index contributed by atoms with van der Waals surface area (Å²) in [5.74, 6) is 7.99. The van der Waals surface area contributed by atoms with Crippen LogP contribution in [0.4, 0.5) is 11.6 Å². The molecule has 0 radical (unpaired) electrons. The zero-order chi connectivity index (χ0) is 12.3. The van der Waals surface area contributed by atoms with Gasteiger partial charge >= 0.3 is 0 Å². The van der Waals surface area contributed by atoms with Crippen LogP contribution >= 0.6 is 0 Å². The van der Waals surface area contributed by atoms with Crippen molar-refractivity contribution in [1.82, 2.24) is 9.97 Å². The molecule has 1 aliphatic rings. The first-order valence-corrected chi connectivity index (χ1v) is 6.25. The van der Waals surface area contributed by atoms with Crippen molar-refractivity contribution in [3.63, 3.8) is 0 Å². The molecule has 1 aromatic heterocycles. The molecule has 1 aliphatic heterocycles. The molecule has 3 N–H and O–H groups in total. The molecule has 0 bridgehead atoms. The molecular weight excluding hydrogens is 214 g/mol. The van der Waals surface area contributed by atoms with Crippen molar-refractivity contribution in [3.8, 4) is 0 Å². The van der Waals surface area contributed by atoms with Crippen LogP contribution in [0.25, 0.3) is 0 Å². The summed E-state index contributed by atoms with van der Waals surface area (Å²) < 4.78 is 0. The second kappa shape index (κ2) is 5.31. The minimum absolute atomic E-state index is 0.715. The maximum atomic E-state index is 5.44. The van der Waals surface area contributed by atoms with Gasteiger partial charge in [-0.15, -0.1) is 0 Å². The van der Waals surface area contributed by atoms with E-state index in [1.54, 1.807) is 6.33 Å². The van der Waals surface area contributed by atoms with E-state index < -0.39 is 0 Å². The van der Waals surface area contributed by atoms with Crippen LogP contribution in [0, 0.1) is 12.8 Å². The van der Waals surface area contributed by atoms with Gasteiger partial charge in [0.2, 0.25) is 0 Å². The predicted octanol–water partition coefficient (Wildman–Crippen LogP) is 1.70. The maximum Gasteiger partial charge on any atom is 0.148 e. The van der Waals surface area contributed by atoms with Gasteiger partial charge in [-0.1, -0.05) is 6.92 Å². The van der Waals surface area contributed by atoms with Gasteiger partial charge in [0.05, 0.1) is 0 Å². The summed E-state index contributed by atoms with van der Waals surface area (Å²) in [6.45, 7) is 6.48. The van der Waals surface area contributed by atoms with Crippen molar-refractivity contribution in [1.29, 1.82) is 0 Å². The van der Waals surface area contributed by atoms with Gasteiger partial charge in [-0.05, 0) is 32.1 Å². The summed E-state index contributed by atoms with van der Waals surface area (Å²) in [6.07, 6.45) is 5.35. The lowest BCUT2D eigenvalue weighted by atomic mass is 10.0. The van der Waals surface area contributed by atoms with E-state index in [0.717, 1.165) is 30.4 Å². The first kappa shape index (κ1) is 12.1. The van der Waals surface area contributed by atoms with Crippen LogP contribution in [0.3, 0.4) is 0 Å². The number of nitrogen functional groups attached to an aromatic ring is 1. The molecule has 94 valence electrons. The SMILES string of the molecule is Cc1c(NN)ncnc1N1CCCC(C)CC1. The highest BCUT2D eigenvalue weighted by Gasteiger charge is 2.17. The van der Waals surface area contributed by atoms with E-state index in [-0.39, 0.29) is 0 Å². The summed E-state index contributed by atoms with van der Waals surface area (Å²) in [4.78, 5) is 10.9. The molecule has 0 aliphatic carbocycles. The molecule has 17 heavy (non-hydrogen) atoms. The van der Waals surface area contributed by atoms with Gasteiger partial charge in [0.25, 0.3) is 0 Å². The lowest BCUT2D eigenvalue weighted by Crippen LogP contribution is -2.26. The fourth-order valence-electron chi connectivity index (χ4n) is 2.38. The minimum atomic E-state index is 0.715. The van der Waals surface area contributed by atoms with Gasteiger partial charge in [0.1, 0.15) is 18.0 Å². The molecule has 5 heteroatoms. The number of nitrogens with zero attached hydrogens (tertiary/aromatic N) is 3. The predicted molar refractivity (Wildman–Crippen MR) is 69.8 cm³/mol. The number of hydrogen-bond acceptors (Lipinski definition) is 5. The summed E-state index contributed by atoms with van der Waals surface area (Å²) >= 11 is 0. The van der Waals surface area contributed by atoms with Crippen LogP contribution in [0.2, 0.25) is 0 Å². The van der Waals surface area contributed by atoms with Crippen molar-refractivity contribution in [2.24, 2.45) is 11.8 Å².